The number of anilines is 1. The van der Waals surface area contributed by atoms with Gasteiger partial charge in [-0.15, -0.1) is 13.2 Å². The Balaban J connectivity index is 1.28. The highest BCUT2D eigenvalue weighted by atomic mass is 19.4. The lowest BCUT2D eigenvalue weighted by Crippen LogP contribution is -2.38. The summed E-state index contributed by atoms with van der Waals surface area (Å²) in [5, 5.41) is 2.75. The number of amides is 2. The fourth-order valence-electron chi connectivity index (χ4n) is 4.36. The van der Waals surface area contributed by atoms with Gasteiger partial charge < -0.3 is 19.5 Å². The summed E-state index contributed by atoms with van der Waals surface area (Å²) in [7, 11) is 1.58. The predicted molar refractivity (Wildman–Crippen MR) is 131 cm³/mol. The van der Waals surface area contributed by atoms with Crippen LogP contribution in [0.5, 0.6) is 5.75 Å². The van der Waals surface area contributed by atoms with Gasteiger partial charge in [-0.25, -0.2) is 0 Å². The second kappa shape index (κ2) is 10.9. The van der Waals surface area contributed by atoms with E-state index in [9.17, 15) is 27.6 Å². The first-order chi connectivity index (χ1) is 17.6. The second-order valence-corrected chi connectivity index (χ2v) is 8.94. The largest absolute Gasteiger partial charge is 0.573 e. The Kier molecular flexibility index (Phi) is 7.66. The quantitative estimate of drug-likeness (QED) is 0.527. The zero-order valence-electron chi connectivity index (χ0n) is 20.1. The molecule has 0 radical (unpaired) electrons. The van der Waals surface area contributed by atoms with E-state index in [1.54, 1.807) is 36.3 Å². The smallest absolute Gasteiger partial charge is 0.406 e. The maximum Gasteiger partial charge on any atom is 0.573 e. The van der Waals surface area contributed by atoms with Crippen molar-refractivity contribution in [2.24, 2.45) is 7.05 Å². The molecule has 1 aromatic heterocycles. The number of pyridine rings is 1. The number of nitrogens with zero attached hydrogens (tertiary/aromatic N) is 2. The Morgan fingerprint density at radius 1 is 1.00 bits per heavy atom. The molecule has 0 aliphatic carbocycles. The molecule has 1 saturated heterocycles. The molecule has 0 bridgehead atoms. The van der Waals surface area contributed by atoms with Crippen molar-refractivity contribution in [3.63, 3.8) is 0 Å². The molecule has 4 rings (SSSR count). The van der Waals surface area contributed by atoms with Crippen molar-refractivity contribution in [3.05, 3.63) is 93.9 Å². The molecule has 1 aliphatic rings. The number of halogens is 3. The number of likely N-dealkylation sites (tertiary alicyclic amines) is 1. The standard InChI is InChI=1S/C27H26F3N3O4/c1-32-14-2-3-23(26(32)36)25(35)31-21-8-6-19(7-9-21)20-12-15-33(16-13-20)24(34)17-18-4-10-22(11-5-18)37-27(28,29)30/h2-11,14,20H,12-13,15-17H2,1H3,(H,31,35). The Hall–Kier alpha value is -4.08. The number of benzene rings is 2. The van der Waals surface area contributed by atoms with Crippen LogP contribution in [0.1, 0.15) is 40.2 Å². The number of hydrogen-bond acceptors (Lipinski definition) is 4. The fourth-order valence-corrected chi connectivity index (χ4v) is 4.36. The van der Waals surface area contributed by atoms with Crippen LogP contribution in [0.2, 0.25) is 0 Å². The summed E-state index contributed by atoms with van der Waals surface area (Å²) in [6.07, 6.45) is -1.51. The minimum atomic E-state index is -4.75. The van der Waals surface area contributed by atoms with Gasteiger partial charge >= 0.3 is 6.36 Å². The van der Waals surface area contributed by atoms with E-state index in [0.29, 0.717) is 24.3 Å². The summed E-state index contributed by atoms with van der Waals surface area (Å²) < 4.78 is 42.1. The average Bonchev–Trinajstić information content (AvgIpc) is 2.86. The molecular weight excluding hydrogens is 487 g/mol. The molecule has 7 nitrogen and oxygen atoms in total. The highest BCUT2D eigenvalue weighted by Crippen LogP contribution is 2.29. The van der Waals surface area contributed by atoms with Crippen LogP contribution in [-0.2, 0) is 18.3 Å². The number of aromatic nitrogens is 1. The van der Waals surface area contributed by atoms with E-state index in [1.165, 1.54) is 34.9 Å². The molecule has 1 aliphatic heterocycles. The maximum absolute atomic E-state index is 12.7. The first kappa shape index (κ1) is 26.0. The van der Waals surface area contributed by atoms with Gasteiger partial charge in [-0.1, -0.05) is 24.3 Å². The molecule has 2 heterocycles. The van der Waals surface area contributed by atoms with Gasteiger partial charge in [-0.2, -0.15) is 0 Å². The molecule has 3 aromatic rings. The third-order valence-corrected chi connectivity index (χ3v) is 6.37. The highest BCUT2D eigenvalue weighted by molar-refractivity contribution is 6.03. The van der Waals surface area contributed by atoms with Crippen molar-refractivity contribution >= 4 is 17.5 Å². The number of ether oxygens (including phenoxy) is 1. The van der Waals surface area contributed by atoms with Crippen molar-refractivity contribution in [1.29, 1.82) is 0 Å². The van der Waals surface area contributed by atoms with E-state index < -0.39 is 12.3 Å². The van der Waals surface area contributed by atoms with Gasteiger partial charge in [0.25, 0.3) is 11.5 Å². The van der Waals surface area contributed by atoms with Gasteiger partial charge in [0.15, 0.2) is 0 Å². The van der Waals surface area contributed by atoms with E-state index in [2.05, 4.69) is 10.1 Å². The highest BCUT2D eigenvalue weighted by Gasteiger charge is 2.31. The van der Waals surface area contributed by atoms with Crippen LogP contribution in [0.25, 0.3) is 0 Å². The average molecular weight is 514 g/mol. The number of hydrogen-bond donors (Lipinski definition) is 1. The van der Waals surface area contributed by atoms with Crippen LogP contribution in [0.15, 0.2) is 71.7 Å². The maximum atomic E-state index is 12.7. The second-order valence-electron chi connectivity index (χ2n) is 8.94. The van der Waals surface area contributed by atoms with Crippen molar-refractivity contribution < 1.29 is 27.5 Å². The molecule has 2 aromatic carbocycles. The van der Waals surface area contributed by atoms with Crippen LogP contribution >= 0.6 is 0 Å². The zero-order chi connectivity index (χ0) is 26.6. The zero-order valence-corrected chi connectivity index (χ0v) is 20.1. The Morgan fingerprint density at radius 2 is 1.65 bits per heavy atom. The van der Waals surface area contributed by atoms with Crippen LogP contribution in [0.3, 0.4) is 0 Å². The summed E-state index contributed by atoms with van der Waals surface area (Å²) in [6.45, 7) is 1.16. The van der Waals surface area contributed by atoms with Gasteiger partial charge in [0.1, 0.15) is 11.3 Å². The minimum absolute atomic E-state index is 0.0664. The van der Waals surface area contributed by atoms with E-state index in [0.717, 1.165) is 18.4 Å². The van der Waals surface area contributed by atoms with Gasteiger partial charge in [-0.3, -0.25) is 14.4 Å². The number of carbonyl (C=O) groups excluding carboxylic acids is 2. The molecule has 0 spiro atoms. The molecule has 194 valence electrons. The molecule has 37 heavy (non-hydrogen) atoms. The third kappa shape index (κ3) is 6.78. The van der Waals surface area contributed by atoms with Crippen LogP contribution in [0.4, 0.5) is 18.9 Å². The van der Waals surface area contributed by atoms with Gasteiger partial charge in [0.05, 0.1) is 6.42 Å². The lowest BCUT2D eigenvalue weighted by Gasteiger charge is -2.32. The monoisotopic (exact) mass is 513 g/mol. The molecule has 0 unspecified atom stereocenters. The van der Waals surface area contributed by atoms with Crippen LogP contribution in [-0.4, -0.2) is 40.7 Å². The molecule has 0 atom stereocenters. The number of piperidine rings is 1. The summed E-state index contributed by atoms with van der Waals surface area (Å²) in [6, 6.07) is 15.9. The number of rotatable bonds is 6. The molecule has 1 N–H and O–H groups in total. The number of carbonyl (C=O) groups is 2. The lowest BCUT2D eigenvalue weighted by atomic mass is 9.89. The van der Waals surface area contributed by atoms with Crippen molar-refractivity contribution in [3.8, 4) is 5.75 Å². The van der Waals surface area contributed by atoms with E-state index in [1.807, 2.05) is 12.1 Å². The van der Waals surface area contributed by atoms with Gasteiger partial charge in [-0.05, 0) is 66.3 Å². The lowest BCUT2D eigenvalue weighted by molar-refractivity contribution is -0.274. The predicted octanol–water partition coefficient (Wildman–Crippen LogP) is 4.48. The van der Waals surface area contributed by atoms with E-state index >= 15 is 0 Å². The summed E-state index contributed by atoms with van der Waals surface area (Å²) >= 11 is 0. The summed E-state index contributed by atoms with van der Waals surface area (Å²) in [4.78, 5) is 39.0. The number of nitrogens with one attached hydrogen (secondary N) is 1. The first-order valence-corrected chi connectivity index (χ1v) is 11.8. The third-order valence-electron chi connectivity index (χ3n) is 6.37. The molecule has 1 fully saturated rings. The SMILES string of the molecule is Cn1cccc(C(=O)Nc2ccc(C3CCN(C(=O)Cc4ccc(OC(F)(F)F)cc4)CC3)cc2)c1=O. The van der Waals surface area contributed by atoms with E-state index in [-0.39, 0.29) is 35.1 Å². The van der Waals surface area contributed by atoms with E-state index in [4.69, 9.17) is 0 Å². The summed E-state index contributed by atoms with van der Waals surface area (Å²) in [5.74, 6) is -0.607. The van der Waals surface area contributed by atoms with Gasteiger partial charge in [0.2, 0.25) is 5.91 Å². The molecule has 0 saturated carbocycles. The Bertz CT molecular complexity index is 1310. The number of aryl methyl sites for hydroxylation is 1. The number of alkyl halides is 3. The molecule has 2 amide bonds. The van der Waals surface area contributed by atoms with Gasteiger partial charge in [0, 0.05) is 32.0 Å². The minimum Gasteiger partial charge on any atom is -0.406 e. The fraction of sp³-hybridized carbons (Fsp3) is 0.296. The van der Waals surface area contributed by atoms with Crippen LogP contribution < -0.4 is 15.6 Å². The molecular formula is C27H26F3N3O4. The van der Waals surface area contributed by atoms with Crippen molar-refractivity contribution in [2.75, 3.05) is 18.4 Å². The summed E-state index contributed by atoms with van der Waals surface area (Å²) in [5.41, 5.74) is 2.00. The Morgan fingerprint density at radius 3 is 2.27 bits per heavy atom. The molecule has 10 heteroatoms. The van der Waals surface area contributed by atoms with Crippen molar-refractivity contribution in [1.82, 2.24) is 9.47 Å². The van der Waals surface area contributed by atoms with Crippen LogP contribution in [0, 0.1) is 0 Å². The van der Waals surface area contributed by atoms with Crippen molar-refractivity contribution in [2.45, 2.75) is 31.5 Å². The normalized spacial score (nSPS) is 14.3. The topological polar surface area (TPSA) is 80.6 Å². The Labute approximate surface area is 211 Å². The first-order valence-electron chi connectivity index (χ1n) is 11.8.